The fourth-order valence-corrected chi connectivity index (χ4v) is 4.59. The van der Waals surface area contributed by atoms with Gasteiger partial charge in [-0.1, -0.05) is 18.2 Å². The van der Waals surface area contributed by atoms with Crippen LogP contribution in [0, 0.1) is 0 Å². The van der Waals surface area contributed by atoms with Crippen LogP contribution in [0.2, 0.25) is 0 Å². The molecule has 0 saturated carbocycles. The molecule has 0 bridgehead atoms. The molecule has 1 aromatic rings. The van der Waals surface area contributed by atoms with Gasteiger partial charge in [0.15, 0.2) is 0 Å². The van der Waals surface area contributed by atoms with Crippen LogP contribution >= 0.6 is 0 Å². The highest BCUT2D eigenvalue weighted by Crippen LogP contribution is 2.17. The largest absolute Gasteiger partial charge is 0.339 e. The molecule has 0 radical (unpaired) electrons. The fourth-order valence-electron chi connectivity index (χ4n) is 3.15. The Labute approximate surface area is 137 Å². The van der Waals surface area contributed by atoms with Crippen molar-refractivity contribution in [2.45, 2.75) is 17.7 Å². The van der Waals surface area contributed by atoms with Crippen LogP contribution in [0.3, 0.4) is 0 Å². The van der Waals surface area contributed by atoms with Crippen molar-refractivity contribution in [3.05, 3.63) is 30.3 Å². The lowest BCUT2D eigenvalue weighted by Gasteiger charge is -2.34. The highest BCUT2D eigenvalue weighted by atomic mass is 32.2. The van der Waals surface area contributed by atoms with Crippen molar-refractivity contribution in [1.29, 1.82) is 0 Å². The summed E-state index contributed by atoms with van der Waals surface area (Å²) in [5.41, 5.74) is 0. The minimum atomic E-state index is -3.45. The lowest BCUT2D eigenvalue weighted by atomic mass is 10.3. The summed E-state index contributed by atoms with van der Waals surface area (Å²) in [6, 6.07) is 8.47. The predicted molar refractivity (Wildman–Crippen MR) is 87.5 cm³/mol. The molecule has 1 aromatic carbocycles. The first-order valence-corrected chi connectivity index (χ1v) is 9.57. The van der Waals surface area contributed by atoms with Crippen molar-refractivity contribution in [3.63, 3.8) is 0 Å². The van der Waals surface area contributed by atoms with Crippen molar-refractivity contribution in [2.24, 2.45) is 0 Å². The number of piperazine rings is 1. The second-order valence-corrected chi connectivity index (χ2v) is 8.02. The number of benzene rings is 1. The van der Waals surface area contributed by atoms with Crippen molar-refractivity contribution in [2.75, 3.05) is 45.8 Å². The van der Waals surface area contributed by atoms with E-state index < -0.39 is 10.0 Å². The van der Waals surface area contributed by atoms with E-state index in [-0.39, 0.29) is 5.91 Å². The van der Waals surface area contributed by atoms with Crippen LogP contribution in [-0.2, 0) is 14.8 Å². The van der Waals surface area contributed by atoms with Gasteiger partial charge in [-0.15, -0.1) is 0 Å². The molecular formula is C16H23N3O3S. The Bertz CT molecular complexity index is 634. The molecule has 0 aromatic heterocycles. The monoisotopic (exact) mass is 337 g/mol. The van der Waals surface area contributed by atoms with Crippen LogP contribution in [-0.4, -0.2) is 74.2 Å². The average molecular weight is 337 g/mol. The minimum Gasteiger partial charge on any atom is -0.339 e. The van der Waals surface area contributed by atoms with Crippen LogP contribution in [0.5, 0.6) is 0 Å². The molecule has 2 saturated heterocycles. The van der Waals surface area contributed by atoms with E-state index in [4.69, 9.17) is 0 Å². The Morgan fingerprint density at radius 3 is 2.13 bits per heavy atom. The molecule has 0 N–H and O–H groups in total. The molecule has 2 fully saturated rings. The molecule has 1 amide bonds. The highest BCUT2D eigenvalue weighted by Gasteiger charge is 2.30. The van der Waals surface area contributed by atoms with Crippen molar-refractivity contribution < 1.29 is 13.2 Å². The minimum absolute atomic E-state index is 0.114. The van der Waals surface area contributed by atoms with Crippen LogP contribution < -0.4 is 0 Å². The number of rotatable bonds is 4. The lowest BCUT2D eigenvalue weighted by Crippen LogP contribution is -2.52. The highest BCUT2D eigenvalue weighted by molar-refractivity contribution is 7.89. The van der Waals surface area contributed by atoms with E-state index in [9.17, 15) is 13.2 Å². The first kappa shape index (κ1) is 16.4. The van der Waals surface area contributed by atoms with Crippen LogP contribution in [0.4, 0.5) is 0 Å². The third kappa shape index (κ3) is 3.73. The number of carbonyl (C=O) groups is 1. The standard InChI is InChI=1S/C16H23N3O3S/c20-16(14-17-8-4-5-9-17)18-10-12-19(13-11-18)23(21,22)15-6-2-1-3-7-15/h1-3,6-7H,4-5,8-14H2. The maximum Gasteiger partial charge on any atom is 0.243 e. The van der Waals surface area contributed by atoms with Gasteiger partial charge >= 0.3 is 0 Å². The molecule has 0 aliphatic carbocycles. The van der Waals surface area contributed by atoms with Gasteiger partial charge < -0.3 is 4.90 Å². The summed E-state index contributed by atoms with van der Waals surface area (Å²) in [6.45, 7) is 4.12. The second kappa shape index (κ2) is 6.98. The first-order valence-electron chi connectivity index (χ1n) is 8.13. The molecule has 7 heteroatoms. The van der Waals surface area contributed by atoms with Crippen LogP contribution in [0.25, 0.3) is 0 Å². The maximum atomic E-state index is 12.6. The summed E-state index contributed by atoms with van der Waals surface area (Å²) >= 11 is 0. The molecule has 3 rings (SSSR count). The van der Waals surface area contributed by atoms with E-state index in [1.165, 1.54) is 4.31 Å². The topological polar surface area (TPSA) is 60.9 Å². The van der Waals surface area contributed by atoms with E-state index in [1.54, 1.807) is 35.2 Å². The number of likely N-dealkylation sites (tertiary alicyclic amines) is 1. The van der Waals surface area contributed by atoms with E-state index in [0.717, 1.165) is 25.9 Å². The second-order valence-electron chi connectivity index (χ2n) is 6.08. The lowest BCUT2D eigenvalue weighted by molar-refractivity contribution is -0.133. The Morgan fingerprint density at radius 1 is 0.913 bits per heavy atom. The van der Waals surface area contributed by atoms with E-state index in [0.29, 0.717) is 37.6 Å². The van der Waals surface area contributed by atoms with E-state index >= 15 is 0 Å². The number of nitrogens with zero attached hydrogens (tertiary/aromatic N) is 3. The van der Waals surface area contributed by atoms with Gasteiger partial charge in [0, 0.05) is 26.2 Å². The Balaban J connectivity index is 1.56. The molecule has 0 spiro atoms. The van der Waals surface area contributed by atoms with E-state index in [1.807, 2.05) is 0 Å². The Morgan fingerprint density at radius 2 is 1.52 bits per heavy atom. The predicted octanol–water partition coefficient (Wildman–Crippen LogP) is 0.615. The molecule has 2 aliphatic heterocycles. The van der Waals surface area contributed by atoms with E-state index in [2.05, 4.69) is 4.90 Å². The van der Waals surface area contributed by atoms with Crippen LogP contribution in [0.1, 0.15) is 12.8 Å². The molecule has 23 heavy (non-hydrogen) atoms. The van der Waals surface area contributed by atoms with Gasteiger partial charge in [-0.3, -0.25) is 9.69 Å². The molecule has 0 atom stereocenters. The summed E-state index contributed by atoms with van der Waals surface area (Å²) < 4.78 is 26.6. The van der Waals surface area contributed by atoms with Gasteiger partial charge in [0.1, 0.15) is 0 Å². The zero-order valence-corrected chi connectivity index (χ0v) is 14.0. The van der Waals surface area contributed by atoms with Gasteiger partial charge in [0.25, 0.3) is 0 Å². The quantitative estimate of drug-likeness (QED) is 0.808. The smallest absolute Gasteiger partial charge is 0.243 e. The summed E-state index contributed by atoms with van der Waals surface area (Å²) in [4.78, 5) is 16.6. The SMILES string of the molecule is O=C(CN1CCCC1)N1CCN(S(=O)(=O)c2ccccc2)CC1. The zero-order valence-electron chi connectivity index (χ0n) is 13.2. The zero-order chi connectivity index (χ0) is 16.3. The van der Waals surface area contributed by atoms with Crippen molar-refractivity contribution in [3.8, 4) is 0 Å². The van der Waals surface area contributed by atoms with Gasteiger partial charge in [-0.2, -0.15) is 4.31 Å². The third-order valence-corrected chi connectivity index (χ3v) is 6.44. The molecule has 2 aliphatic rings. The summed E-state index contributed by atoms with van der Waals surface area (Å²) in [7, 11) is -3.45. The van der Waals surface area contributed by atoms with Gasteiger partial charge in [0.05, 0.1) is 11.4 Å². The number of amides is 1. The number of carbonyl (C=O) groups excluding carboxylic acids is 1. The molecule has 6 nitrogen and oxygen atoms in total. The van der Waals surface area contributed by atoms with Gasteiger partial charge in [0.2, 0.25) is 15.9 Å². The summed E-state index contributed by atoms with van der Waals surface area (Å²) in [6.07, 6.45) is 2.33. The maximum absolute atomic E-state index is 12.6. The number of sulfonamides is 1. The number of hydrogen-bond acceptors (Lipinski definition) is 4. The average Bonchev–Trinajstić information content (AvgIpc) is 3.09. The normalized spacial score (nSPS) is 20.8. The molecular weight excluding hydrogens is 314 g/mol. The van der Waals surface area contributed by atoms with Gasteiger partial charge in [-0.25, -0.2) is 8.42 Å². The van der Waals surface area contributed by atoms with Crippen molar-refractivity contribution in [1.82, 2.24) is 14.1 Å². The Hall–Kier alpha value is -1.44. The molecule has 126 valence electrons. The summed E-state index contributed by atoms with van der Waals surface area (Å²) in [5.74, 6) is 0.114. The van der Waals surface area contributed by atoms with Crippen molar-refractivity contribution >= 4 is 15.9 Å². The fraction of sp³-hybridized carbons (Fsp3) is 0.562. The van der Waals surface area contributed by atoms with Crippen LogP contribution in [0.15, 0.2) is 35.2 Å². The molecule has 2 heterocycles. The van der Waals surface area contributed by atoms with Gasteiger partial charge in [-0.05, 0) is 38.1 Å². The molecule has 0 unspecified atom stereocenters. The number of hydrogen-bond donors (Lipinski definition) is 0. The summed E-state index contributed by atoms with van der Waals surface area (Å²) in [5, 5.41) is 0. The Kier molecular flexibility index (Phi) is 4.99. The first-order chi connectivity index (χ1) is 11.1. The third-order valence-electron chi connectivity index (χ3n) is 4.53.